The molecule has 3 aromatic carbocycles. The second kappa shape index (κ2) is 10.9. The third kappa shape index (κ3) is 5.93. The molecule has 0 spiro atoms. The first kappa shape index (κ1) is 25.4. The summed E-state index contributed by atoms with van der Waals surface area (Å²) < 4.78 is -0.508. The fourth-order valence-electron chi connectivity index (χ4n) is 4.22. The second-order valence-electron chi connectivity index (χ2n) is 9.64. The van der Waals surface area contributed by atoms with Crippen LogP contribution in [0.1, 0.15) is 37.5 Å². The molecule has 35 heavy (non-hydrogen) atoms. The normalized spacial score (nSPS) is 18.6. The maximum absolute atomic E-state index is 13.1. The highest BCUT2D eigenvalue weighted by Gasteiger charge is 2.40. The van der Waals surface area contributed by atoms with Crippen molar-refractivity contribution in [1.29, 1.82) is 0 Å². The van der Waals surface area contributed by atoms with Gasteiger partial charge in [0.1, 0.15) is 12.1 Å². The van der Waals surface area contributed by atoms with Crippen molar-refractivity contribution in [3.8, 4) is 0 Å². The lowest BCUT2D eigenvalue weighted by Crippen LogP contribution is -2.63. The van der Waals surface area contributed by atoms with Crippen LogP contribution in [0.25, 0.3) is 0 Å². The van der Waals surface area contributed by atoms with Gasteiger partial charge in [0, 0.05) is 16.3 Å². The van der Waals surface area contributed by atoms with Gasteiger partial charge in [0.25, 0.3) is 0 Å². The second-order valence-corrected chi connectivity index (χ2v) is 12.7. The Morgan fingerprint density at radius 2 is 0.943 bits per heavy atom. The Hall–Kier alpha value is -2.70. The van der Waals surface area contributed by atoms with Gasteiger partial charge in [-0.25, -0.2) is 0 Å². The number of hydrogen-bond acceptors (Lipinski definition) is 4. The lowest BCUT2D eigenvalue weighted by molar-refractivity contribution is -0.135. The molecule has 1 aliphatic rings. The first-order chi connectivity index (χ1) is 16.8. The summed E-state index contributed by atoms with van der Waals surface area (Å²) in [6, 6.07) is 30.0. The van der Waals surface area contributed by atoms with E-state index in [1.54, 1.807) is 23.5 Å². The molecule has 1 saturated heterocycles. The maximum atomic E-state index is 13.1. The summed E-state index contributed by atoms with van der Waals surface area (Å²) in [6.07, 6.45) is 0. The summed E-state index contributed by atoms with van der Waals surface area (Å²) in [5, 5.41) is 5.95. The lowest BCUT2D eigenvalue weighted by atomic mass is 9.84. The molecule has 0 saturated carbocycles. The average molecular weight is 505 g/mol. The Bertz CT molecular complexity index is 1030. The minimum Gasteiger partial charge on any atom is -0.342 e. The molecule has 6 heteroatoms. The van der Waals surface area contributed by atoms with Crippen molar-refractivity contribution in [2.24, 2.45) is 0 Å². The fourth-order valence-corrected chi connectivity index (χ4v) is 6.68. The number of rotatable bonds is 8. The third-order valence-corrected chi connectivity index (χ3v) is 8.96. The van der Waals surface area contributed by atoms with E-state index in [1.165, 1.54) is 0 Å². The van der Waals surface area contributed by atoms with E-state index in [-0.39, 0.29) is 16.6 Å². The van der Waals surface area contributed by atoms with Crippen LogP contribution in [0.3, 0.4) is 0 Å². The minimum absolute atomic E-state index is 0.0262. The molecule has 0 radical (unpaired) electrons. The van der Waals surface area contributed by atoms with Crippen LogP contribution in [-0.4, -0.2) is 40.2 Å². The van der Waals surface area contributed by atoms with E-state index in [4.69, 9.17) is 0 Å². The summed E-state index contributed by atoms with van der Waals surface area (Å²) in [7, 11) is 0. The van der Waals surface area contributed by atoms with E-state index in [9.17, 15) is 9.59 Å². The summed E-state index contributed by atoms with van der Waals surface area (Å²) >= 11 is 3.35. The molecule has 0 aromatic heterocycles. The predicted molar refractivity (Wildman–Crippen MR) is 148 cm³/mol. The third-order valence-electron chi connectivity index (χ3n) is 5.96. The quantitative estimate of drug-likeness (QED) is 0.413. The van der Waals surface area contributed by atoms with E-state index < -0.39 is 16.8 Å². The van der Waals surface area contributed by atoms with Crippen molar-refractivity contribution < 1.29 is 9.59 Å². The van der Waals surface area contributed by atoms with Gasteiger partial charge in [-0.15, -0.1) is 11.8 Å². The van der Waals surface area contributed by atoms with Crippen molar-refractivity contribution in [3.63, 3.8) is 0 Å². The fraction of sp³-hybridized carbons (Fsp3) is 0.310. The number of carbonyl (C=O) groups excluding carboxylic acids is 2. The Labute approximate surface area is 216 Å². The van der Waals surface area contributed by atoms with Crippen LogP contribution in [0.15, 0.2) is 91.0 Å². The van der Waals surface area contributed by atoms with E-state index in [0.717, 1.165) is 16.7 Å². The first-order valence-corrected chi connectivity index (χ1v) is 13.8. The van der Waals surface area contributed by atoms with Crippen LogP contribution < -0.4 is 10.6 Å². The van der Waals surface area contributed by atoms with Crippen molar-refractivity contribution in [2.75, 3.05) is 11.5 Å². The zero-order valence-electron chi connectivity index (χ0n) is 20.4. The average Bonchev–Trinajstić information content (AvgIpc) is 2.87. The molecule has 4 nitrogen and oxygen atoms in total. The van der Waals surface area contributed by atoms with Crippen LogP contribution in [0, 0.1) is 0 Å². The van der Waals surface area contributed by atoms with Crippen molar-refractivity contribution in [3.05, 3.63) is 108 Å². The zero-order chi connectivity index (χ0) is 24.9. The van der Waals surface area contributed by atoms with Gasteiger partial charge in [-0.05, 0) is 16.7 Å². The van der Waals surface area contributed by atoms with Crippen LogP contribution in [0.5, 0.6) is 0 Å². The highest BCUT2D eigenvalue weighted by atomic mass is 32.2. The lowest BCUT2D eigenvalue weighted by Gasteiger charge is -2.37. The molecular weight excluding hydrogens is 472 g/mol. The topological polar surface area (TPSA) is 58.2 Å². The molecule has 2 amide bonds. The minimum atomic E-state index is -0.598. The molecule has 4 rings (SSSR count). The van der Waals surface area contributed by atoms with Gasteiger partial charge in [0.05, 0.1) is 4.75 Å². The highest BCUT2D eigenvalue weighted by molar-refractivity contribution is 8.00. The predicted octanol–water partition coefficient (Wildman–Crippen LogP) is 5.23. The van der Waals surface area contributed by atoms with Gasteiger partial charge >= 0.3 is 0 Å². The van der Waals surface area contributed by atoms with Gasteiger partial charge < -0.3 is 10.6 Å². The molecule has 2 N–H and O–H groups in total. The van der Waals surface area contributed by atoms with Crippen molar-refractivity contribution in [2.45, 2.75) is 42.3 Å². The molecule has 2 atom stereocenters. The van der Waals surface area contributed by atoms with E-state index in [1.807, 2.05) is 54.6 Å². The first-order valence-electron chi connectivity index (χ1n) is 11.8. The van der Waals surface area contributed by atoms with E-state index in [0.29, 0.717) is 11.5 Å². The number of thioether (sulfide) groups is 2. The van der Waals surface area contributed by atoms with E-state index in [2.05, 4.69) is 67.8 Å². The smallest absolute Gasteiger partial charge is 0.244 e. The molecular formula is C29H32N2O2S2. The Balaban J connectivity index is 1.63. The van der Waals surface area contributed by atoms with Crippen molar-refractivity contribution >= 4 is 35.3 Å². The van der Waals surface area contributed by atoms with Gasteiger partial charge in [-0.1, -0.05) is 112 Å². The number of hydrogen-bond donors (Lipinski definition) is 2. The molecule has 1 aliphatic heterocycles. The Morgan fingerprint density at radius 1 is 0.600 bits per heavy atom. The molecule has 0 aliphatic carbocycles. The Morgan fingerprint density at radius 3 is 1.29 bits per heavy atom. The van der Waals surface area contributed by atoms with Gasteiger partial charge in [-0.3, -0.25) is 9.59 Å². The number of amides is 2. The van der Waals surface area contributed by atoms with Crippen LogP contribution >= 0.6 is 23.5 Å². The van der Waals surface area contributed by atoms with Crippen molar-refractivity contribution in [1.82, 2.24) is 10.6 Å². The largest absolute Gasteiger partial charge is 0.342 e. The summed E-state index contributed by atoms with van der Waals surface area (Å²) in [5.41, 5.74) is 3.39. The molecule has 1 fully saturated rings. The number of benzene rings is 3. The molecule has 182 valence electrons. The number of nitrogens with one attached hydrogen (secondary N) is 2. The van der Waals surface area contributed by atoms with Crippen LogP contribution in [0.4, 0.5) is 0 Å². The van der Waals surface area contributed by atoms with Crippen LogP contribution in [0.2, 0.25) is 0 Å². The summed E-state index contributed by atoms with van der Waals surface area (Å²) in [6.45, 7) is 6.32. The highest BCUT2D eigenvalue weighted by Crippen LogP contribution is 2.48. The monoisotopic (exact) mass is 504 g/mol. The standard InChI is InChI=1S/C29H32N2O2S2/c1-28(2,3)34-19-24-26(32)31-25(27(33)30-24)20-35-29(21-13-7-4-8-14-21,22-15-9-5-10-16-22)23-17-11-6-12-18-23/h4-18,24-25H,19-20H2,1-3H3,(H,30,33)(H,31,32)/t24-,25+/m1/s1. The number of piperazine rings is 1. The summed E-state index contributed by atoms with van der Waals surface area (Å²) in [5.74, 6) is 0.759. The van der Waals surface area contributed by atoms with Gasteiger partial charge in [0.15, 0.2) is 0 Å². The molecule has 0 unspecified atom stereocenters. The molecule has 1 heterocycles. The van der Waals surface area contributed by atoms with Gasteiger partial charge in [-0.2, -0.15) is 11.8 Å². The van der Waals surface area contributed by atoms with Gasteiger partial charge in [0.2, 0.25) is 11.8 Å². The zero-order valence-corrected chi connectivity index (χ0v) is 22.0. The number of carbonyl (C=O) groups is 2. The van der Waals surface area contributed by atoms with Crippen LogP contribution in [-0.2, 0) is 14.3 Å². The summed E-state index contributed by atoms with van der Waals surface area (Å²) in [4.78, 5) is 25.9. The van der Waals surface area contributed by atoms with E-state index >= 15 is 0 Å². The maximum Gasteiger partial charge on any atom is 0.244 e. The Kier molecular flexibility index (Phi) is 7.92. The SMILES string of the molecule is CC(C)(C)SC[C@H]1NC(=O)[C@H](CSC(c2ccccc2)(c2ccccc2)c2ccccc2)NC1=O. The molecule has 3 aromatic rings. The molecule has 0 bridgehead atoms.